The Kier molecular flexibility index (Phi) is 10.2. The van der Waals surface area contributed by atoms with Crippen LogP contribution in [0.25, 0.3) is 0 Å². The van der Waals surface area contributed by atoms with Gasteiger partial charge in [0, 0.05) is 19.4 Å². The molecule has 1 heterocycles. The number of halogens is 2. The van der Waals surface area contributed by atoms with E-state index in [4.69, 9.17) is 4.74 Å². The van der Waals surface area contributed by atoms with Crippen LogP contribution >= 0.6 is 24.8 Å². The zero-order chi connectivity index (χ0) is 8.10. The van der Waals surface area contributed by atoms with E-state index in [1.165, 1.54) is 19.8 Å². The van der Waals surface area contributed by atoms with E-state index in [1.807, 2.05) is 0 Å². The second-order valence-electron chi connectivity index (χ2n) is 3.01. The Morgan fingerprint density at radius 3 is 2.69 bits per heavy atom. The molecule has 1 fully saturated rings. The average molecular weight is 230 g/mol. The molecule has 0 aromatic rings. The minimum Gasteiger partial charge on any atom is -0.466 e. The molecule has 1 saturated heterocycles. The van der Waals surface area contributed by atoms with Gasteiger partial charge >= 0.3 is 5.97 Å². The highest BCUT2D eigenvalue weighted by Crippen LogP contribution is 2.09. The first kappa shape index (κ1) is 15.5. The van der Waals surface area contributed by atoms with Crippen LogP contribution in [-0.4, -0.2) is 25.7 Å². The molecule has 0 saturated carbocycles. The van der Waals surface area contributed by atoms with E-state index in [0.29, 0.717) is 12.5 Å². The highest BCUT2D eigenvalue weighted by atomic mass is 35.5. The Morgan fingerprint density at radius 1 is 1.54 bits per heavy atom. The van der Waals surface area contributed by atoms with Gasteiger partial charge in [-0.2, -0.15) is 0 Å². The molecule has 1 atom stereocenters. The maximum Gasteiger partial charge on any atom is 0.302 e. The topological polar surface area (TPSA) is 38.3 Å². The number of carbonyl (C=O) groups is 1. The Morgan fingerprint density at radius 2 is 2.23 bits per heavy atom. The first-order valence-electron chi connectivity index (χ1n) is 4.13. The second kappa shape index (κ2) is 8.60. The van der Waals surface area contributed by atoms with E-state index in [-0.39, 0.29) is 30.8 Å². The van der Waals surface area contributed by atoms with E-state index in [0.717, 1.165) is 13.1 Å². The third kappa shape index (κ3) is 7.11. The van der Waals surface area contributed by atoms with Gasteiger partial charge in [0.05, 0.1) is 6.61 Å². The normalized spacial score (nSPS) is 20.8. The van der Waals surface area contributed by atoms with Gasteiger partial charge < -0.3 is 10.1 Å². The van der Waals surface area contributed by atoms with Gasteiger partial charge in [-0.1, -0.05) is 0 Å². The number of nitrogens with one attached hydrogen (secondary N) is 1. The number of hydrogen-bond acceptors (Lipinski definition) is 3. The van der Waals surface area contributed by atoms with Crippen LogP contribution in [0.4, 0.5) is 0 Å². The molecule has 1 aliphatic heterocycles. The van der Waals surface area contributed by atoms with Crippen LogP contribution < -0.4 is 5.32 Å². The first-order valence-corrected chi connectivity index (χ1v) is 4.13. The van der Waals surface area contributed by atoms with Crippen LogP contribution in [0.1, 0.15) is 19.8 Å². The van der Waals surface area contributed by atoms with Crippen molar-refractivity contribution >= 4 is 30.8 Å². The van der Waals surface area contributed by atoms with Gasteiger partial charge in [-0.3, -0.25) is 4.79 Å². The summed E-state index contributed by atoms with van der Waals surface area (Å²) in [6, 6.07) is 0. The van der Waals surface area contributed by atoms with Gasteiger partial charge in [-0.25, -0.2) is 0 Å². The van der Waals surface area contributed by atoms with Crippen molar-refractivity contribution in [1.82, 2.24) is 5.32 Å². The molecule has 0 aromatic heterocycles. The van der Waals surface area contributed by atoms with Crippen molar-refractivity contribution in [3.8, 4) is 0 Å². The number of rotatable bonds is 2. The molecule has 0 aromatic carbocycles. The van der Waals surface area contributed by atoms with E-state index in [2.05, 4.69) is 5.32 Å². The maximum atomic E-state index is 10.4. The van der Waals surface area contributed by atoms with E-state index >= 15 is 0 Å². The lowest BCUT2D eigenvalue weighted by Crippen LogP contribution is -2.32. The number of carbonyl (C=O) groups excluding carboxylic acids is 1. The summed E-state index contributed by atoms with van der Waals surface area (Å²) in [6.45, 7) is 4.14. The predicted molar refractivity (Wildman–Crippen MR) is 56.7 cm³/mol. The van der Waals surface area contributed by atoms with Crippen molar-refractivity contribution < 1.29 is 9.53 Å². The quantitative estimate of drug-likeness (QED) is 0.728. The molecule has 1 unspecified atom stereocenters. The van der Waals surface area contributed by atoms with E-state index < -0.39 is 0 Å². The molecular formula is C8H17Cl2NO2. The summed E-state index contributed by atoms with van der Waals surface area (Å²) < 4.78 is 4.90. The van der Waals surface area contributed by atoms with Gasteiger partial charge in [0.1, 0.15) is 0 Å². The van der Waals surface area contributed by atoms with Crippen molar-refractivity contribution in [2.75, 3.05) is 19.7 Å². The molecule has 1 rings (SSSR count). The molecule has 0 aliphatic carbocycles. The van der Waals surface area contributed by atoms with Gasteiger partial charge in [-0.05, 0) is 19.4 Å². The second-order valence-corrected chi connectivity index (χ2v) is 3.01. The molecule has 0 radical (unpaired) electrons. The summed E-state index contributed by atoms with van der Waals surface area (Å²) in [7, 11) is 0. The van der Waals surface area contributed by atoms with E-state index in [9.17, 15) is 4.79 Å². The van der Waals surface area contributed by atoms with Crippen LogP contribution in [0, 0.1) is 5.92 Å². The zero-order valence-electron chi connectivity index (χ0n) is 7.75. The third-order valence-electron chi connectivity index (χ3n) is 1.92. The lowest BCUT2D eigenvalue weighted by molar-refractivity contribution is -0.142. The highest BCUT2D eigenvalue weighted by Gasteiger charge is 2.13. The van der Waals surface area contributed by atoms with Gasteiger partial charge in [-0.15, -0.1) is 24.8 Å². The monoisotopic (exact) mass is 229 g/mol. The molecule has 0 spiro atoms. The Balaban J connectivity index is 0. The van der Waals surface area contributed by atoms with Crippen LogP contribution in [0.2, 0.25) is 0 Å². The molecule has 0 amide bonds. The summed E-state index contributed by atoms with van der Waals surface area (Å²) >= 11 is 0. The number of ether oxygens (including phenoxy) is 1. The standard InChI is InChI=1S/C8H15NO2.2ClH/c1-7(10)11-6-8-3-2-4-9-5-8;;/h8-9H,2-6H2,1H3;2*1H. The summed E-state index contributed by atoms with van der Waals surface area (Å²) in [5, 5.41) is 3.27. The fourth-order valence-corrected chi connectivity index (χ4v) is 1.30. The lowest BCUT2D eigenvalue weighted by Gasteiger charge is -2.21. The Bertz CT molecular complexity index is 138. The minimum absolute atomic E-state index is 0. The highest BCUT2D eigenvalue weighted by molar-refractivity contribution is 5.85. The zero-order valence-corrected chi connectivity index (χ0v) is 9.38. The summed E-state index contributed by atoms with van der Waals surface area (Å²) in [5.74, 6) is 0.364. The first-order chi connectivity index (χ1) is 5.29. The summed E-state index contributed by atoms with van der Waals surface area (Å²) in [5.41, 5.74) is 0. The van der Waals surface area contributed by atoms with Crippen molar-refractivity contribution in [3.63, 3.8) is 0 Å². The Hall–Kier alpha value is 0.01000. The Labute approximate surface area is 91.4 Å². The molecule has 0 bridgehead atoms. The third-order valence-corrected chi connectivity index (χ3v) is 1.92. The number of esters is 1. The largest absolute Gasteiger partial charge is 0.466 e. The van der Waals surface area contributed by atoms with Crippen molar-refractivity contribution in [2.24, 2.45) is 5.92 Å². The van der Waals surface area contributed by atoms with Gasteiger partial charge in [0.15, 0.2) is 0 Å². The van der Waals surface area contributed by atoms with Gasteiger partial charge in [0.2, 0.25) is 0 Å². The van der Waals surface area contributed by atoms with Crippen molar-refractivity contribution in [2.45, 2.75) is 19.8 Å². The summed E-state index contributed by atoms with van der Waals surface area (Å²) in [4.78, 5) is 10.4. The van der Waals surface area contributed by atoms with Crippen LogP contribution in [0.5, 0.6) is 0 Å². The van der Waals surface area contributed by atoms with Crippen LogP contribution in [0.15, 0.2) is 0 Å². The van der Waals surface area contributed by atoms with Crippen LogP contribution in [-0.2, 0) is 9.53 Å². The number of piperidine rings is 1. The molecule has 1 N–H and O–H groups in total. The predicted octanol–water partition coefficient (Wildman–Crippen LogP) is 1.39. The fraction of sp³-hybridized carbons (Fsp3) is 0.875. The number of hydrogen-bond donors (Lipinski definition) is 1. The lowest BCUT2D eigenvalue weighted by atomic mass is 10.0. The van der Waals surface area contributed by atoms with Gasteiger partial charge in [0.25, 0.3) is 0 Å². The molecule has 13 heavy (non-hydrogen) atoms. The molecule has 3 nitrogen and oxygen atoms in total. The average Bonchev–Trinajstić information content (AvgIpc) is 2.03. The maximum absolute atomic E-state index is 10.4. The molecule has 5 heteroatoms. The van der Waals surface area contributed by atoms with Crippen molar-refractivity contribution in [1.29, 1.82) is 0 Å². The summed E-state index contributed by atoms with van der Waals surface area (Å²) in [6.07, 6.45) is 2.38. The molecule has 80 valence electrons. The fourth-order valence-electron chi connectivity index (χ4n) is 1.30. The van der Waals surface area contributed by atoms with Crippen molar-refractivity contribution in [3.05, 3.63) is 0 Å². The SMILES string of the molecule is CC(=O)OCC1CCCNC1.Cl.Cl. The minimum atomic E-state index is -0.171. The molecule has 1 aliphatic rings. The molecular weight excluding hydrogens is 213 g/mol. The smallest absolute Gasteiger partial charge is 0.302 e. The van der Waals surface area contributed by atoms with Crippen LogP contribution in [0.3, 0.4) is 0 Å². The van der Waals surface area contributed by atoms with E-state index in [1.54, 1.807) is 0 Å².